The molecule has 0 aliphatic carbocycles. The van der Waals surface area contributed by atoms with Crippen molar-refractivity contribution in [1.29, 1.82) is 0 Å². The van der Waals surface area contributed by atoms with Gasteiger partial charge < -0.3 is 14.0 Å². The van der Waals surface area contributed by atoms with Gasteiger partial charge in [-0.1, -0.05) is 13.8 Å². The van der Waals surface area contributed by atoms with Crippen LogP contribution in [0, 0.1) is 0 Å². The highest BCUT2D eigenvalue weighted by molar-refractivity contribution is 6.62. The van der Waals surface area contributed by atoms with Gasteiger partial charge in [0.2, 0.25) is 5.88 Å². The van der Waals surface area contributed by atoms with E-state index in [-0.39, 0.29) is 16.8 Å². The van der Waals surface area contributed by atoms with Crippen molar-refractivity contribution in [3.8, 4) is 5.88 Å². The van der Waals surface area contributed by atoms with Crippen LogP contribution in [0.2, 0.25) is 0 Å². The largest absolute Gasteiger partial charge is 0.495 e. The predicted molar refractivity (Wildman–Crippen MR) is 99.0 cm³/mol. The third-order valence-electron chi connectivity index (χ3n) is 4.90. The van der Waals surface area contributed by atoms with Gasteiger partial charge in [0.15, 0.2) is 0 Å². The summed E-state index contributed by atoms with van der Waals surface area (Å²) in [6, 6.07) is 4.03. The fraction of sp³-hybridized carbons (Fsp3) is 0.737. The lowest BCUT2D eigenvalue weighted by atomic mass is 9.78. The highest BCUT2D eigenvalue weighted by atomic mass is 16.7. The molecule has 0 spiro atoms. The first-order chi connectivity index (χ1) is 10.8. The van der Waals surface area contributed by atoms with Crippen LogP contribution in [0.25, 0.3) is 0 Å². The Labute approximate surface area is 147 Å². The zero-order valence-corrected chi connectivity index (χ0v) is 16.7. The van der Waals surface area contributed by atoms with E-state index < -0.39 is 7.12 Å². The van der Waals surface area contributed by atoms with Crippen molar-refractivity contribution in [3.05, 3.63) is 17.8 Å². The molecule has 0 saturated carbocycles. The van der Waals surface area contributed by atoms with Gasteiger partial charge in [0.1, 0.15) is 5.60 Å². The molecular formula is C19H32BNO3. The highest BCUT2D eigenvalue weighted by Crippen LogP contribution is 2.37. The van der Waals surface area contributed by atoms with Crippen LogP contribution >= 0.6 is 0 Å². The minimum absolute atomic E-state index is 0.297. The molecule has 5 heteroatoms. The van der Waals surface area contributed by atoms with Gasteiger partial charge in [-0.15, -0.1) is 0 Å². The quantitative estimate of drug-likeness (QED) is 0.779. The van der Waals surface area contributed by atoms with Crippen molar-refractivity contribution in [3.63, 3.8) is 0 Å². The third-order valence-corrected chi connectivity index (χ3v) is 4.90. The van der Waals surface area contributed by atoms with Crippen LogP contribution in [0.5, 0.6) is 5.88 Å². The van der Waals surface area contributed by atoms with Gasteiger partial charge in [-0.2, -0.15) is 0 Å². The Morgan fingerprint density at radius 1 is 1.12 bits per heavy atom. The summed E-state index contributed by atoms with van der Waals surface area (Å²) in [5, 5.41) is 0. The highest BCUT2D eigenvalue weighted by Gasteiger charge is 2.52. The van der Waals surface area contributed by atoms with Crippen molar-refractivity contribution in [2.75, 3.05) is 0 Å². The Kier molecular flexibility index (Phi) is 5.09. The summed E-state index contributed by atoms with van der Waals surface area (Å²) in [5.74, 6) is 0.986. The van der Waals surface area contributed by atoms with Crippen LogP contribution in [0.4, 0.5) is 0 Å². The number of ether oxygens (including phenoxy) is 1. The Hall–Kier alpha value is -1.07. The van der Waals surface area contributed by atoms with Crippen LogP contribution in [0.3, 0.4) is 0 Å². The molecular weight excluding hydrogens is 301 g/mol. The van der Waals surface area contributed by atoms with Gasteiger partial charge in [-0.25, -0.2) is 4.98 Å². The Morgan fingerprint density at radius 3 is 2.12 bits per heavy atom. The zero-order chi connectivity index (χ0) is 18.3. The molecule has 0 N–H and O–H groups in total. The standard InChI is InChI=1S/C19H32BNO3/c1-10-13(2)15-11-14(12-16(21-15)22-17(3,4)5)20-23-18(6,7)19(8,9)24-20/h11-13H,10H2,1-9H3. The van der Waals surface area contributed by atoms with Crippen LogP contribution in [0.1, 0.15) is 80.3 Å². The maximum atomic E-state index is 6.20. The summed E-state index contributed by atoms with van der Waals surface area (Å²) in [7, 11) is -0.400. The molecule has 1 aromatic heterocycles. The summed E-state index contributed by atoms with van der Waals surface area (Å²) in [6.07, 6.45) is 1.02. The maximum absolute atomic E-state index is 6.20. The first kappa shape index (κ1) is 19.3. The summed E-state index contributed by atoms with van der Waals surface area (Å²) < 4.78 is 18.4. The molecule has 24 heavy (non-hydrogen) atoms. The number of aromatic nitrogens is 1. The third kappa shape index (κ3) is 4.12. The molecule has 1 fully saturated rings. The molecule has 134 valence electrons. The second kappa shape index (κ2) is 6.34. The van der Waals surface area contributed by atoms with Gasteiger partial charge in [0.05, 0.1) is 11.2 Å². The molecule has 0 aromatic carbocycles. The second-order valence-electron chi connectivity index (χ2n) is 8.78. The molecule has 2 rings (SSSR count). The molecule has 1 atom stereocenters. The molecule has 2 heterocycles. The summed E-state index contributed by atoms with van der Waals surface area (Å²) in [4.78, 5) is 4.70. The number of hydrogen-bond acceptors (Lipinski definition) is 4. The summed E-state index contributed by atoms with van der Waals surface area (Å²) in [5.41, 5.74) is 0.974. The van der Waals surface area contributed by atoms with E-state index in [1.165, 1.54) is 0 Å². The molecule has 0 radical (unpaired) electrons. The van der Waals surface area contributed by atoms with Crippen molar-refractivity contribution in [2.45, 2.75) is 91.5 Å². The Balaban J connectivity index is 2.41. The van der Waals surface area contributed by atoms with E-state index in [2.05, 4.69) is 47.6 Å². The lowest BCUT2D eigenvalue weighted by molar-refractivity contribution is 0.00578. The zero-order valence-electron chi connectivity index (χ0n) is 16.7. The van der Waals surface area contributed by atoms with E-state index in [1.54, 1.807) is 0 Å². The normalized spacial score (nSPS) is 21.0. The Morgan fingerprint density at radius 2 is 1.67 bits per heavy atom. The average Bonchev–Trinajstić information content (AvgIpc) is 2.64. The predicted octanol–water partition coefficient (Wildman–Crippen LogP) is 4.07. The van der Waals surface area contributed by atoms with Gasteiger partial charge in [0.25, 0.3) is 0 Å². The first-order valence-corrected chi connectivity index (χ1v) is 8.91. The van der Waals surface area contributed by atoms with E-state index in [4.69, 9.17) is 19.0 Å². The molecule has 0 amide bonds. The molecule has 4 nitrogen and oxygen atoms in total. The summed E-state index contributed by atoms with van der Waals surface area (Å²) >= 11 is 0. The van der Waals surface area contributed by atoms with E-state index in [0.717, 1.165) is 17.6 Å². The van der Waals surface area contributed by atoms with Gasteiger partial charge in [-0.3, -0.25) is 0 Å². The van der Waals surface area contributed by atoms with E-state index >= 15 is 0 Å². The van der Waals surface area contributed by atoms with Crippen molar-refractivity contribution in [1.82, 2.24) is 4.98 Å². The topological polar surface area (TPSA) is 40.6 Å². The number of hydrogen-bond donors (Lipinski definition) is 0. The van der Waals surface area contributed by atoms with Crippen LogP contribution < -0.4 is 10.2 Å². The lowest BCUT2D eigenvalue weighted by Crippen LogP contribution is -2.41. The minimum Gasteiger partial charge on any atom is -0.472 e. The fourth-order valence-electron chi connectivity index (χ4n) is 2.49. The van der Waals surface area contributed by atoms with Crippen LogP contribution in [-0.2, 0) is 9.31 Å². The average molecular weight is 333 g/mol. The number of rotatable bonds is 4. The van der Waals surface area contributed by atoms with Crippen LogP contribution in [0.15, 0.2) is 12.1 Å². The van der Waals surface area contributed by atoms with Crippen molar-refractivity contribution in [2.24, 2.45) is 0 Å². The molecule has 1 saturated heterocycles. The van der Waals surface area contributed by atoms with Gasteiger partial charge >= 0.3 is 7.12 Å². The SMILES string of the molecule is CCC(C)c1cc(B2OC(C)(C)C(C)(C)O2)cc(OC(C)(C)C)n1. The maximum Gasteiger partial charge on any atom is 0.495 e. The number of pyridine rings is 1. The monoisotopic (exact) mass is 333 g/mol. The molecule has 1 aliphatic heterocycles. The Bertz CT molecular complexity index is 577. The first-order valence-electron chi connectivity index (χ1n) is 8.91. The molecule has 0 bridgehead atoms. The van der Waals surface area contributed by atoms with Crippen LogP contribution in [-0.4, -0.2) is 28.9 Å². The van der Waals surface area contributed by atoms with E-state index in [9.17, 15) is 0 Å². The second-order valence-corrected chi connectivity index (χ2v) is 8.78. The molecule has 1 aromatic rings. The number of nitrogens with zero attached hydrogens (tertiary/aromatic N) is 1. The van der Waals surface area contributed by atoms with Crippen molar-refractivity contribution < 1.29 is 14.0 Å². The minimum atomic E-state index is -0.400. The van der Waals surface area contributed by atoms with Crippen molar-refractivity contribution >= 4 is 12.6 Å². The van der Waals surface area contributed by atoms with Gasteiger partial charge in [-0.05, 0) is 72.3 Å². The lowest BCUT2D eigenvalue weighted by Gasteiger charge is -2.32. The molecule has 1 unspecified atom stereocenters. The summed E-state index contributed by atoms with van der Waals surface area (Å²) in [6.45, 7) is 18.7. The van der Waals surface area contributed by atoms with E-state index in [0.29, 0.717) is 11.8 Å². The van der Waals surface area contributed by atoms with E-state index in [1.807, 2.05) is 26.8 Å². The fourth-order valence-corrected chi connectivity index (χ4v) is 2.49. The smallest absolute Gasteiger partial charge is 0.472 e. The molecule has 1 aliphatic rings. The van der Waals surface area contributed by atoms with Gasteiger partial charge in [0, 0.05) is 11.8 Å².